The van der Waals surface area contributed by atoms with E-state index in [1.54, 1.807) is 28.8 Å². The van der Waals surface area contributed by atoms with Crippen molar-refractivity contribution in [3.05, 3.63) is 76.2 Å². The molecule has 3 rings (SSSR count). The van der Waals surface area contributed by atoms with Gasteiger partial charge in [0, 0.05) is 18.3 Å². The van der Waals surface area contributed by atoms with Crippen molar-refractivity contribution in [1.29, 1.82) is 0 Å². The third-order valence-electron chi connectivity index (χ3n) is 3.35. The first-order valence-corrected chi connectivity index (χ1v) is 7.13. The highest BCUT2D eigenvalue weighted by Crippen LogP contribution is 2.18. The lowest BCUT2D eigenvalue weighted by molar-refractivity contribution is -0.385. The van der Waals surface area contributed by atoms with Crippen molar-refractivity contribution in [2.45, 2.75) is 6.54 Å². The maximum atomic E-state index is 11.9. The Morgan fingerprint density at radius 3 is 2.83 bits per heavy atom. The van der Waals surface area contributed by atoms with Crippen LogP contribution in [-0.2, 0) is 11.3 Å². The summed E-state index contributed by atoms with van der Waals surface area (Å²) in [4.78, 5) is 22.3. The van der Waals surface area contributed by atoms with Crippen LogP contribution >= 0.6 is 0 Å². The van der Waals surface area contributed by atoms with Crippen LogP contribution in [0.3, 0.4) is 0 Å². The van der Waals surface area contributed by atoms with Crippen LogP contribution in [0.2, 0.25) is 0 Å². The molecule has 1 N–H and O–H groups in total. The molecule has 3 aromatic rings. The molecular weight excluding hydrogens is 310 g/mol. The highest BCUT2D eigenvalue weighted by atomic mass is 16.6. The number of aromatic nitrogens is 3. The Bertz CT molecular complexity index is 932. The molecule has 8 heteroatoms. The molecule has 24 heavy (non-hydrogen) atoms. The van der Waals surface area contributed by atoms with E-state index >= 15 is 0 Å². The number of para-hydroxylation sites is 1. The number of nitro groups is 1. The lowest BCUT2D eigenvalue weighted by atomic mass is 10.1. The van der Waals surface area contributed by atoms with Gasteiger partial charge in [-0.1, -0.05) is 18.2 Å². The second-order valence-electron chi connectivity index (χ2n) is 4.91. The van der Waals surface area contributed by atoms with E-state index in [4.69, 9.17) is 0 Å². The highest BCUT2D eigenvalue weighted by Gasteiger charge is 2.10. The first kappa shape index (κ1) is 15.3. The Labute approximate surface area is 136 Å². The van der Waals surface area contributed by atoms with Crippen LogP contribution in [-0.4, -0.2) is 25.4 Å². The van der Waals surface area contributed by atoms with E-state index in [-0.39, 0.29) is 18.1 Å². The Kier molecular flexibility index (Phi) is 4.28. The van der Waals surface area contributed by atoms with Gasteiger partial charge in [-0.05, 0) is 24.3 Å². The number of nitro benzene ring substituents is 1. The average Bonchev–Trinajstić information content (AvgIpc) is 3.01. The maximum absolute atomic E-state index is 11.9. The molecule has 0 aliphatic heterocycles. The molecule has 0 unspecified atom stereocenters. The summed E-state index contributed by atoms with van der Waals surface area (Å²) in [7, 11) is 0. The molecular formula is C16H13N5O3. The maximum Gasteiger partial charge on any atom is 0.276 e. The zero-order valence-electron chi connectivity index (χ0n) is 12.5. The quantitative estimate of drug-likeness (QED) is 0.439. The van der Waals surface area contributed by atoms with Crippen LogP contribution in [0.15, 0.2) is 54.7 Å². The SMILES string of the molecule is O=C(/C=C/c1ccccc1[N+](=O)[O-])NCc1nnc2ccccn12. The summed E-state index contributed by atoms with van der Waals surface area (Å²) >= 11 is 0. The number of hydrogen-bond donors (Lipinski definition) is 1. The molecule has 1 amide bonds. The summed E-state index contributed by atoms with van der Waals surface area (Å²) in [6.07, 6.45) is 4.47. The van der Waals surface area contributed by atoms with E-state index in [2.05, 4.69) is 15.5 Å². The first-order valence-electron chi connectivity index (χ1n) is 7.13. The van der Waals surface area contributed by atoms with Crippen molar-refractivity contribution < 1.29 is 9.72 Å². The molecule has 0 saturated heterocycles. The Morgan fingerprint density at radius 2 is 2.00 bits per heavy atom. The predicted molar refractivity (Wildman–Crippen MR) is 87.0 cm³/mol. The summed E-state index contributed by atoms with van der Waals surface area (Å²) in [5.74, 6) is 0.221. The molecule has 2 heterocycles. The summed E-state index contributed by atoms with van der Waals surface area (Å²) in [5, 5.41) is 21.6. The van der Waals surface area contributed by atoms with Crippen LogP contribution in [0.1, 0.15) is 11.4 Å². The minimum absolute atomic E-state index is 0.0509. The van der Waals surface area contributed by atoms with Crippen molar-refractivity contribution in [3.63, 3.8) is 0 Å². The van der Waals surface area contributed by atoms with Crippen molar-refractivity contribution >= 4 is 23.3 Å². The molecule has 0 fully saturated rings. The Hall–Kier alpha value is -3.55. The van der Waals surface area contributed by atoms with Gasteiger partial charge in [0.05, 0.1) is 17.0 Å². The molecule has 8 nitrogen and oxygen atoms in total. The zero-order chi connectivity index (χ0) is 16.9. The summed E-state index contributed by atoms with van der Waals surface area (Å²) < 4.78 is 1.77. The van der Waals surface area contributed by atoms with Gasteiger partial charge in [-0.3, -0.25) is 19.3 Å². The Balaban J connectivity index is 1.67. The minimum atomic E-state index is -0.486. The number of rotatable bonds is 5. The van der Waals surface area contributed by atoms with Crippen molar-refractivity contribution in [2.24, 2.45) is 0 Å². The number of benzene rings is 1. The van der Waals surface area contributed by atoms with Gasteiger partial charge in [0.1, 0.15) is 0 Å². The molecule has 1 aromatic carbocycles. The lowest BCUT2D eigenvalue weighted by Gasteiger charge is -2.01. The number of carbonyl (C=O) groups is 1. The fraction of sp³-hybridized carbons (Fsp3) is 0.0625. The number of fused-ring (bicyclic) bond motifs is 1. The molecule has 0 radical (unpaired) electrons. The summed E-state index contributed by atoms with van der Waals surface area (Å²) in [6.45, 7) is 0.200. The first-order chi connectivity index (χ1) is 11.6. The third-order valence-corrected chi connectivity index (χ3v) is 3.35. The van der Waals surface area contributed by atoms with Gasteiger partial charge in [-0.2, -0.15) is 0 Å². The topological polar surface area (TPSA) is 102 Å². The highest BCUT2D eigenvalue weighted by molar-refractivity contribution is 5.92. The second-order valence-corrected chi connectivity index (χ2v) is 4.91. The molecule has 0 spiro atoms. The van der Waals surface area contributed by atoms with Crippen LogP contribution in [0.4, 0.5) is 5.69 Å². The fourth-order valence-electron chi connectivity index (χ4n) is 2.20. The number of amides is 1. The van der Waals surface area contributed by atoms with E-state index in [0.29, 0.717) is 17.0 Å². The minimum Gasteiger partial charge on any atom is -0.345 e. The molecule has 0 aliphatic rings. The number of pyridine rings is 1. The molecule has 2 aromatic heterocycles. The molecule has 0 atom stereocenters. The van der Waals surface area contributed by atoms with E-state index in [0.717, 1.165) is 0 Å². The van der Waals surface area contributed by atoms with E-state index in [1.807, 2.05) is 18.2 Å². The van der Waals surface area contributed by atoms with Gasteiger partial charge in [0.15, 0.2) is 11.5 Å². The summed E-state index contributed by atoms with van der Waals surface area (Å²) in [5.41, 5.74) is 1.01. The Morgan fingerprint density at radius 1 is 1.21 bits per heavy atom. The molecule has 0 aliphatic carbocycles. The monoisotopic (exact) mass is 323 g/mol. The smallest absolute Gasteiger partial charge is 0.276 e. The van der Waals surface area contributed by atoms with Gasteiger partial charge in [0.2, 0.25) is 5.91 Å². The standard InChI is InChI=1S/C16H13N5O3/c22-16(9-8-12-5-1-2-6-13(12)21(23)24)17-11-15-19-18-14-7-3-4-10-20(14)15/h1-10H,11H2,(H,17,22)/b9-8+. The van der Waals surface area contributed by atoms with Gasteiger partial charge in [-0.25, -0.2) is 0 Å². The van der Waals surface area contributed by atoms with Crippen molar-refractivity contribution in [2.75, 3.05) is 0 Å². The molecule has 120 valence electrons. The molecule has 0 bridgehead atoms. The normalized spacial score (nSPS) is 11.0. The van der Waals surface area contributed by atoms with Crippen molar-refractivity contribution in [1.82, 2.24) is 19.9 Å². The van der Waals surface area contributed by atoms with E-state index in [1.165, 1.54) is 18.2 Å². The number of nitrogens with zero attached hydrogens (tertiary/aromatic N) is 4. The fourth-order valence-corrected chi connectivity index (χ4v) is 2.20. The third kappa shape index (κ3) is 3.27. The summed E-state index contributed by atoms with van der Waals surface area (Å²) in [6, 6.07) is 11.7. The second kappa shape index (κ2) is 6.69. The van der Waals surface area contributed by atoms with E-state index in [9.17, 15) is 14.9 Å². The molecule has 0 saturated carbocycles. The zero-order valence-corrected chi connectivity index (χ0v) is 12.5. The van der Waals surface area contributed by atoms with Crippen LogP contribution in [0.5, 0.6) is 0 Å². The number of nitrogens with one attached hydrogen (secondary N) is 1. The van der Waals surface area contributed by atoms with Crippen LogP contribution < -0.4 is 5.32 Å². The van der Waals surface area contributed by atoms with Crippen molar-refractivity contribution in [3.8, 4) is 0 Å². The van der Waals surface area contributed by atoms with Crippen LogP contribution in [0, 0.1) is 10.1 Å². The van der Waals surface area contributed by atoms with Gasteiger partial charge in [0.25, 0.3) is 5.69 Å². The van der Waals surface area contributed by atoms with Gasteiger partial charge < -0.3 is 5.32 Å². The number of hydrogen-bond acceptors (Lipinski definition) is 5. The number of carbonyl (C=O) groups excluding carboxylic acids is 1. The largest absolute Gasteiger partial charge is 0.345 e. The van der Waals surface area contributed by atoms with Crippen LogP contribution in [0.25, 0.3) is 11.7 Å². The average molecular weight is 323 g/mol. The van der Waals surface area contributed by atoms with Gasteiger partial charge in [-0.15, -0.1) is 10.2 Å². The van der Waals surface area contributed by atoms with E-state index < -0.39 is 4.92 Å². The lowest BCUT2D eigenvalue weighted by Crippen LogP contribution is -2.21. The van der Waals surface area contributed by atoms with Gasteiger partial charge >= 0.3 is 0 Å². The predicted octanol–water partition coefficient (Wildman–Crippen LogP) is 1.97.